The predicted molar refractivity (Wildman–Crippen MR) is 386 cm³/mol. The van der Waals surface area contributed by atoms with Crippen LogP contribution in [0.15, 0.2) is 166 Å². The van der Waals surface area contributed by atoms with Crippen LogP contribution < -0.4 is 19.6 Å². The maximum Gasteiger partial charge on any atom is 0.163 e. The van der Waals surface area contributed by atoms with E-state index in [1.807, 2.05) is 136 Å². The third-order valence-electron chi connectivity index (χ3n) is 20.6. The lowest BCUT2D eigenvalue weighted by atomic mass is 10.0. The minimum absolute atomic E-state index is 0.704. The van der Waals surface area contributed by atoms with Crippen LogP contribution in [0.25, 0.3) is 77.6 Å². The standard InChI is InChI=1S/C26H30ClN7.C25H23N7.C23H28N8/c1-18-13-22-21(3-6-28-25(22)14-24(18)27)23-16-30-34-17-20(15-29-26(23)34)32-7-4-19(5-8-32)33-11-9-31(2)10-12-33;1-18-14-22(21-4-2-3-5-24(21)29-18)23-16-28-32-17-20(15-27-25(23)32)31-12-10-30(11-13-31)19-6-8-26-9-7-19;1-27-10-12-29(13-11-27)18-5-8-28(9-6-18)19-14-24-23-21(16-26-31(23)17-19)20-15-25-30-7-3-2-4-22(20)30/h3,6,13-17,19H,4-5,7-12H2,1-2H3;2-9,14-17H,10-13H2,1H3;2-4,7,14-18H,5-6,8-13H2,1H3. The second kappa shape index (κ2) is 27.1. The number of hydrogen-bond acceptors (Lipinski definition) is 18. The Balaban J connectivity index is 0.000000114. The second-order valence-corrected chi connectivity index (χ2v) is 27.0. The van der Waals surface area contributed by atoms with Crippen molar-refractivity contribution < 1.29 is 0 Å². The van der Waals surface area contributed by atoms with Gasteiger partial charge in [0.15, 0.2) is 16.9 Å². The Kier molecular flexibility index (Phi) is 17.3. The molecule has 16 heterocycles. The number of hydrogen-bond donors (Lipinski definition) is 0. The zero-order valence-electron chi connectivity index (χ0n) is 55.6. The van der Waals surface area contributed by atoms with Crippen molar-refractivity contribution in [1.29, 1.82) is 0 Å². The van der Waals surface area contributed by atoms with Gasteiger partial charge in [-0.3, -0.25) is 24.8 Å². The second-order valence-electron chi connectivity index (χ2n) is 26.6. The Morgan fingerprint density at radius 2 is 0.876 bits per heavy atom. The molecule has 18 rings (SSSR count). The number of piperidine rings is 2. The van der Waals surface area contributed by atoms with Gasteiger partial charge in [0.25, 0.3) is 0 Å². The molecule has 11 aromatic heterocycles. The Morgan fingerprint density at radius 1 is 0.392 bits per heavy atom. The molecule has 5 saturated heterocycles. The van der Waals surface area contributed by atoms with E-state index in [4.69, 9.17) is 26.6 Å². The molecule has 5 fully saturated rings. The van der Waals surface area contributed by atoms with Gasteiger partial charge in [0.05, 0.1) is 101 Å². The quantitative estimate of drug-likeness (QED) is 0.133. The number of aromatic nitrogens is 14. The highest BCUT2D eigenvalue weighted by Crippen LogP contribution is 2.36. The van der Waals surface area contributed by atoms with E-state index in [2.05, 4.69) is 150 Å². The summed E-state index contributed by atoms with van der Waals surface area (Å²) in [6.07, 6.45) is 32.2. The highest BCUT2D eigenvalue weighted by Gasteiger charge is 2.30. The molecule has 5 aliphatic heterocycles. The Hall–Kier alpha value is -9.71. The highest BCUT2D eigenvalue weighted by atomic mass is 35.5. The summed E-state index contributed by atoms with van der Waals surface area (Å²) in [5, 5.41) is 21.3. The Bertz CT molecular complexity index is 4910. The zero-order valence-corrected chi connectivity index (χ0v) is 56.4. The van der Waals surface area contributed by atoms with Crippen molar-refractivity contribution in [2.75, 3.05) is 138 Å². The summed E-state index contributed by atoms with van der Waals surface area (Å²) in [6.45, 7) is 21.7. The predicted octanol–water partition coefficient (Wildman–Crippen LogP) is 10.4. The fourth-order valence-corrected chi connectivity index (χ4v) is 15.1. The summed E-state index contributed by atoms with van der Waals surface area (Å²) >= 11 is 6.33. The van der Waals surface area contributed by atoms with E-state index in [1.165, 1.54) is 83.7 Å². The van der Waals surface area contributed by atoms with Gasteiger partial charge in [-0.2, -0.15) is 20.4 Å². The molecule has 0 atom stereocenters. The van der Waals surface area contributed by atoms with E-state index in [1.54, 1.807) is 0 Å². The number of pyridine rings is 4. The number of halogens is 1. The number of likely N-dealkylation sites (N-methyl/N-ethyl adjacent to an activating group) is 2. The van der Waals surface area contributed by atoms with Crippen LogP contribution in [0.3, 0.4) is 0 Å². The number of fused-ring (bicyclic) bond motifs is 6. The maximum atomic E-state index is 6.33. The number of rotatable bonds is 9. The molecule has 2 aromatic carbocycles. The number of nitrogens with zero attached hydrogens (tertiary/aromatic N) is 22. The molecule has 0 amide bonds. The van der Waals surface area contributed by atoms with Gasteiger partial charge in [-0.25, -0.2) is 33.0 Å². The minimum atomic E-state index is 0.704. The first-order valence-electron chi connectivity index (χ1n) is 34.2. The minimum Gasteiger partial charge on any atom is -0.369 e. The molecule has 22 nitrogen and oxygen atoms in total. The number of para-hydroxylation sites is 1. The van der Waals surface area contributed by atoms with Crippen molar-refractivity contribution in [2.45, 2.75) is 51.6 Å². The van der Waals surface area contributed by atoms with E-state index >= 15 is 0 Å². The first-order valence-corrected chi connectivity index (χ1v) is 34.6. The molecule has 0 radical (unpaired) electrons. The molecule has 0 aliphatic carbocycles. The van der Waals surface area contributed by atoms with Crippen LogP contribution in [0.2, 0.25) is 5.02 Å². The van der Waals surface area contributed by atoms with Crippen LogP contribution >= 0.6 is 11.6 Å². The van der Waals surface area contributed by atoms with E-state index < -0.39 is 0 Å². The molecule has 0 unspecified atom stereocenters. The van der Waals surface area contributed by atoms with Gasteiger partial charge in [-0.1, -0.05) is 35.9 Å². The first kappa shape index (κ1) is 62.1. The average molecular weight is 1310 g/mol. The van der Waals surface area contributed by atoms with Crippen molar-refractivity contribution in [3.05, 3.63) is 182 Å². The summed E-state index contributed by atoms with van der Waals surface area (Å²) in [6, 6.07) is 28.1. The number of anilines is 4. The van der Waals surface area contributed by atoms with Gasteiger partial charge in [0, 0.05) is 185 Å². The van der Waals surface area contributed by atoms with Gasteiger partial charge in [0.1, 0.15) is 0 Å². The number of benzene rings is 2. The topological polar surface area (TPSA) is 172 Å². The zero-order chi connectivity index (χ0) is 65.5. The Morgan fingerprint density at radius 3 is 1.44 bits per heavy atom. The molecular weight excluding hydrogens is 1230 g/mol. The number of piperazine rings is 3. The highest BCUT2D eigenvalue weighted by molar-refractivity contribution is 6.32. The smallest absolute Gasteiger partial charge is 0.163 e. The lowest BCUT2D eigenvalue weighted by molar-refractivity contribution is 0.0982. The third kappa shape index (κ3) is 12.7. The number of aryl methyl sites for hydroxylation is 2. The molecule has 0 bridgehead atoms. The molecule has 0 N–H and O–H groups in total. The van der Waals surface area contributed by atoms with Gasteiger partial charge < -0.3 is 29.4 Å². The van der Waals surface area contributed by atoms with Gasteiger partial charge in [-0.15, -0.1) is 0 Å². The van der Waals surface area contributed by atoms with Crippen molar-refractivity contribution in [3.63, 3.8) is 0 Å². The van der Waals surface area contributed by atoms with E-state index in [0.717, 1.165) is 163 Å². The largest absolute Gasteiger partial charge is 0.369 e. The summed E-state index contributed by atoms with van der Waals surface area (Å²) in [7, 11) is 4.44. The van der Waals surface area contributed by atoms with Crippen molar-refractivity contribution >= 4 is 78.6 Å². The average Bonchev–Trinajstić information content (AvgIpc) is 1.70. The molecule has 0 spiro atoms. The molecule has 23 heteroatoms. The van der Waals surface area contributed by atoms with E-state index in [9.17, 15) is 0 Å². The molecule has 13 aromatic rings. The van der Waals surface area contributed by atoms with Crippen LogP contribution in [0.4, 0.5) is 22.7 Å². The van der Waals surface area contributed by atoms with Crippen molar-refractivity contribution in [1.82, 2.24) is 88.0 Å². The Labute approximate surface area is 569 Å². The monoisotopic (exact) mass is 1310 g/mol. The van der Waals surface area contributed by atoms with Gasteiger partial charge in [0.2, 0.25) is 0 Å². The summed E-state index contributed by atoms with van der Waals surface area (Å²) in [4.78, 5) is 47.7. The lowest BCUT2D eigenvalue weighted by Crippen LogP contribution is -2.52. The van der Waals surface area contributed by atoms with Crippen LogP contribution in [0, 0.1) is 13.8 Å². The molecule has 97 heavy (non-hydrogen) atoms. The fourth-order valence-electron chi connectivity index (χ4n) is 15.0. The fraction of sp³-hybridized carbons (Fsp3) is 0.351. The van der Waals surface area contributed by atoms with Crippen LogP contribution in [-0.4, -0.2) is 219 Å². The normalized spacial score (nSPS) is 17.6. The lowest BCUT2D eigenvalue weighted by Gasteiger charge is -2.42. The van der Waals surface area contributed by atoms with Gasteiger partial charge >= 0.3 is 0 Å². The SMILES string of the molecule is CN1CCN(C2CCN(c3cnc4c(-c5cnn6ccccc56)cnn4c3)CC2)CC1.Cc1cc(-c2cnn3cc(N4CCN(c5ccncc5)CC4)cnc23)c2ccccc2n1.Cc1cc2c(-c3cnn4cc(N5CCC(N6CCN(C)CC6)CC5)cnc34)ccnc2cc1Cl. The first-order chi connectivity index (χ1) is 47.6. The summed E-state index contributed by atoms with van der Waals surface area (Å²) < 4.78 is 7.60. The summed E-state index contributed by atoms with van der Waals surface area (Å²) in [5.41, 5.74) is 18.5. The van der Waals surface area contributed by atoms with Crippen molar-refractivity contribution in [2.24, 2.45) is 0 Å². The maximum absolute atomic E-state index is 6.33. The van der Waals surface area contributed by atoms with Gasteiger partial charge in [-0.05, 0) is 125 Å². The van der Waals surface area contributed by atoms with Crippen molar-refractivity contribution in [3.8, 4) is 33.4 Å². The third-order valence-corrected chi connectivity index (χ3v) is 21.0. The molecule has 5 aliphatic rings. The van der Waals surface area contributed by atoms with Crippen LogP contribution in [-0.2, 0) is 0 Å². The molecular formula is C74H81ClN22. The van der Waals surface area contributed by atoms with Crippen LogP contribution in [0.1, 0.15) is 36.9 Å². The summed E-state index contributed by atoms with van der Waals surface area (Å²) in [5.74, 6) is 0. The van der Waals surface area contributed by atoms with Crippen LogP contribution in [0.5, 0.6) is 0 Å². The van der Waals surface area contributed by atoms with E-state index in [-0.39, 0.29) is 0 Å². The molecule has 0 saturated carbocycles. The van der Waals surface area contributed by atoms with E-state index in [0.29, 0.717) is 12.1 Å². The molecule has 494 valence electrons.